The molecule has 0 spiro atoms. The van der Waals surface area contributed by atoms with E-state index in [1.54, 1.807) is 17.4 Å². The summed E-state index contributed by atoms with van der Waals surface area (Å²) < 4.78 is 13.9. The van der Waals surface area contributed by atoms with E-state index in [4.69, 9.17) is 11.6 Å². The number of aliphatic hydroxyl groups is 1. The molecule has 0 aliphatic heterocycles. The Kier molecular flexibility index (Phi) is 4.78. The fourth-order valence-electron chi connectivity index (χ4n) is 1.71. The second kappa shape index (κ2) is 6.15. The van der Waals surface area contributed by atoms with Crippen molar-refractivity contribution in [2.24, 2.45) is 0 Å². The lowest BCUT2D eigenvalue weighted by molar-refractivity contribution is 0.176. The highest BCUT2D eigenvalue weighted by Crippen LogP contribution is 2.25. The van der Waals surface area contributed by atoms with Gasteiger partial charge in [0.1, 0.15) is 5.82 Å². The van der Waals surface area contributed by atoms with E-state index in [1.807, 2.05) is 12.1 Å². The summed E-state index contributed by atoms with van der Waals surface area (Å²) in [7, 11) is 0. The molecule has 0 aliphatic carbocycles. The van der Waals surface area contributed by atoms with E-state index in [-0.39, 0.29) is 5.82 Å². The lowest BCUT2D eigenvalue weighted by Crippen LogP contribution is -2.13. The van der Waals surface area contributed by atoms with Gasteiger partial charge in [0.2, 0.25) is 0 Å². The summed E-state index contributed by atoms with van der Waals surface area (Å²) in [5.41, 5.74) is 0.765. The van der Waals surface area contributed by atoms with Crippen LogP contribution in [0.5, 0.6) is 0 Å². The SMILES string of the molecule is OC(Cc1ccc(Br)s1)Cc1ccc(F)cc1Cl. The second-order valence-corrected chi connectivity index (χ2v) is 6.96. The molecule has 0 amide bonds. The van der Waals surface area contributed by atoms with Crippen LogP contribution in [0.4, 0.5) is 4.39 Å². The van der Waals surface area contributed by atoms with Crippen molar-refractivity contribution in [3.63, 3.8) is 0 Å². The van der Waals surface area contributed by atoms with Gasteiger partial charge in [0, 0.05) is 22.7 Å². The predicted octanol–water partition coefficient (Wildman–Crippen LogP) is 4.45. The normalized spacial score (nSPS) is 12.7. The van der Waals surface area contributed by atoms with Crippen molar-refractivity contribution in [1.82, 2.24) is 0 Å². The van der Waals surface area contributed by atoms with Crippen molar-refractivity contribution in [1.29, 1.82) is 0 Å². The molecule has 1 aromatic carbocycles. The van der Waals surface area contributed by atoms with Crippen molar-refractivity contribution in [3.05, 3.63) is 55.4 Å². The summed E-state index contributed by atoms with van der Waals surface area (Å²) in [6.07, 6.45) is 0.483. The van der Waals surface area contributed by atoms with E-state index in [1.165, 1.54) is 12.1 Å². The quantitative estimate of drug-likeness (QED) is 0.864. The van der Waals surface area contributed by atoms with Gasteiger partial charge in [-0.25, -0.2) is 4.39 Å². The van der Waals surface area contributed by atoms with Crippen molar-refractivity contribution in [2.75, 3.05) is 0 Å². The molecule has 0 radical (unpaired) electrons. The van der Waals surface area contributed by atoms with Crippen molar-refractivity contribution >= 4 is 38.9 Å². The third-order valence-electron chi connectivity index (χ3n) is 2.54. The molecule has 2 aromatic rings. The zero-order valence-electron chi connectivity index (χ0n) is 9.37. The van der Waals surface area contributed by atoms with Gasteiger partial charge in [0.05, 0.1) is 9.89 Å². The number of hydrogen-bond acceptors (Lipinski definition) is 2. The molecule has 1 unspecified atom stereocenters. The van der Waals surface area contributed by atoms with Crippen molar-refractivity contribution in [2.45, 2.75) is 18.9 Å². The van der Waals surface area contributed by atoms with Gasteiger partial charge < -0.3 is 5.11 Å². The van der Waals surface area contributed by atoms with Crippen LogP contribution in [-0.4, -0.2) is 11.2 Å². The topological polar surface area (TPSA) is 20.2 Å². The molecular weight excluding hydrogens is 339 g/mol. The molecule has 1 N–H and O–H groups in total. The monoisotopic (exact) mass is 348 g/mol. The molecule has 1 heterocycles. The minimum Gasteiger partial charge on any atom is -0.392 e. The first kappa shape index (κ1) is 14.0. The molecule has 1 atom stereocenters. The molecule has 5 heteroatoms. The summed E-state index contributed by atoms with van der Waals surface area (Å²) in [6, 6.07) is 8.17. The third kappa shape index (κ3) is 3.79. The Bertz CT molecular complexity index is 544. The van der Waals surface area contributed by atoms with Crippen molar-refractivity contribution < 1.29 is 9.50 Å². The Hall–Kier alpha value is -0.420. The number of hydrogen-bond donors (Lipinski definition) is 1. The van der Waals surface area contributed by atoms with Crippen LogP contribution in [0.2, 0.25) is 5.02 Å². The maximum absolute atomic E-state index is 12.9. The summed E-state index contributed by atoms with van der Waals surface area (Å²) in [5.74, 6) is -0.361. The first-order chi connectivity index (χ1) is 8.54. The largest absolute Gasteiger partial charge is 0.392 e. The van der Waals surface area contributed by atoms with Gasteiger partial charge in [-0.15, -0.1) is 11.3 Å². The predicted molar refractivity (Wildman–Crippen MR) is 76.8 cm³/mol. The Morgan fingerprint density at radius 1 is 1.28 bits per heavy atom. The fourth-order valence-corrected chi connectivity index (χ4v) is 3.51. The Labute approximate surface area is 122 Å². The average molecular weight is 350 g/mol. The summed E-state index contributed by atoms with van der Waals surface area (Å²) >= 11 is 10.9. The molecule has 1 aromatic heterocycles. The first-order valence-electron chi connectivity index (χ1n) is 5.41. The van der Waals surface area contributed by atoms with E-state index in [0.29, 0.717) is 17.9 Å². The second-order valence-electron chi connectivity index (χ2n) is 4.00. The maximum Gasteiger partial charge on any atom is 0.124 e. The molecular formula is C13H11BrClFOS. The lowest BCUT2D eigenvalue weighted by Gasteiger charge is -2.10. The van der Waals surface area contributed by atoms with Gasteiger partial charge in [-0.3, -0.25) is 0 Å². The highest BCUT2D eigenvalue weighted by molar-refractivity contribution is 9.11. The Morgan fingerprint density at radius 3 is 2.67 bits per heavy atom. The van der Waals surface area contributed by atoms with Gasteiger partial charge >= 0.3 is 0 Å². The van der Waals surface area contributed by atoms with Gasteiger partial charge in [0.15, 0.2) is 0 Å². The smallest absolute Gasteiger partial charge is 0.124 e. The summed E-state index contributed by atoms with van der Waals surface area (Å²) in [6.45, 7) is 0. The Balaban J connectivity index is 2.00. The summed E-state index contributed by atoms with van der Waals surface area (Å²) in [5, 5.41) is 10.4. The molecule has 0 saturated carbocycles. The maximum atomic E-state index is 12.9. The van der Waals surface area contributed by atoms with Crippen LogP contribution in [-0.2, 0) is 12.8 Å². The minimum atomic E-state index is -0.515. The van der Waals surface area contributed by atoms with Crippen LogP contribution in [0, 0.1) is 5.82 Å². The van der Waals surface area contributed by atoms with Crippen LogP contribution in [0.25, 0.3) is 0 Å². The third-order valence-corrected chi connectivity index (χ3v) is 4.53. The van der Waals surface area contributed by atoms with E-state index < -0.39 is 6.10 Å². The zero-order chi connectivity index (χ0) is 13.1. The van der Waals surface area contributed by atoms with E-state index >= 15 is 0 Å². The standard InChI is InChI=1S/C13H11BrClFOS/c14-13-4-3-11(18-13)7-10(17)5-8-1-2-9(16)6-12(8)15/h1-4,6,10,17H,5,7H2. The van der Waals surface area contributed by atoms with E-state index in [2.05, 4.69) is 15.9 Å². The Morgan fingerprint density at radius 2 is 2.06 bits per heavy atom. The van der Waals surface area contributed by atoms with Crippen LogP contribution in [0.1, 0.15) is 10.4 Å². The molecule has 2 rings (SSSR count). The number of thiophene rings is 1. The number of aliphatic hydroxyl groups excluding tert-OH is 1. The fraction of sp³-hybridized carbons (Fsp3) is 0.231. The van der Waals surface area contributed by atoms with Crippen LogP contribution >= 0.6 is 38.9 Å². The minimum absolute atomic E-state index is 0.361. The van der Waals surface area contributed by atoms with Gasteiger partial charge in [-0.05, 0) is 45.8 Å². The van der Waals surface area contributed by atoms with Crippen molar-refractivity contribution in [3.8, 4) is 0 Å². The lowest BCUT2D eigenvalue weighted by atomic mass is 10.0. The average Bonchev–Trinajstić information content (AvgIpc) is 2.68. The highest BCUT2D eigenvalue weighted by atomic mass is 79.9. The van der Waals surface area contributed by atoms with Gasteiger partial charge in [-0.1, -0.05) is 17.7 Å². The molecule has 96 valence electrons. The van der Waals surface area contributed by atoms with Crippen LogP contribution in [0.3, 0.4) is 0 Å². The molecule has 0 bridgehead atoms. The van der Waals surface area contributed by atoms with E-state index in [0.717, 1.165) is 14.2 Å². The molecule has 18 heavy (non-hydrogen) atoms. The van der Waals surface area contributed by atoms with Crippen LogP contribution in [0.15, 0.2) is 34.1 Å². The highest BCUT2D eigenvalue weighted by Gasteiger charge is 2.11. The van der Waals surface area contributed by atoms with Gasteiger partial charge in [-0.2, -0.15) is 0 Å². The molecule has 0 fully saturated rings. The number of rotatable bonds is 4. The van der Waals surface area contributed by atoms with E-state index in [9.17, 15) is 9.50 Å². The zero-order valence-corrected chi connectivity index (χ0v) is 12.5. The number of benzene rings is 1. The molecule has 0 aliphatic rings. The van der Waals surface area contributed by atoms with Gasteiger partial charge in [0.25, 0.3) is 0 Å². The summed E-state index contributed by atoms with van der Waals surface area (Å²) in [4.78, 5) is 1.10. The van der Waals surface area contributed by atoms with Crippen LogP contribution < -0.4 is 0 Å². The molecule has 0 saturated heterocycles. The first-order valence-corrected chi connectivity index (χ1v) is 7.39. The number of halogens is 3. The molecule has 1 nitrogen and oxygen atoms in total.